The molecule has 1 atom stereocenters. The van der Waals surface area contributed by atoms with E-state index in [0.29, 0.717) is 31.7 Å². The van der Waals surface area contributed by atoms with E-state index >= 15 is 0 Å². The average molecular weight is 263 g/mol. The number of ketones is 1. The fourth-order valence-electron chi connectivity index (χ4n) is 2.31. The molecule has 0 aliphatic carbocycles. The first-order valence-electron chi connectivity index (χ1n) is 6.27. The SMILES string of the molecule is CC(C(=O)c1ccccc1)(N1CCNCC1)[N+](=O)[O-]. The van der Waals surface area contributed by atoms with E-state index in [4.69, 9.17) is 0 Å². The highest BCUT2D eigenvalue weighted by Gasteiger charge is 2.51. The number of benzene rings is 1. The molecule has 6 nitrogen and oxygen atoms in total. The van der Waals surface area contributed by atoms with Crippen molar-refractivity contribution in [3.05, 3.63) is 46.0 Å². The van der Waals surface area contributed by atoms with Crippen LogP contribution < -0.4 is 5.32 Å². The summed E-state index contributed by atoms with van der Waals surface area (Å²) in [4.78, 5) is 25.1. The second kappa shape index (κ2) is 5.46. The van der Waals surface area contributed by atoms with E-state index < -0.39 is 16.4 Å². The Hall–Kier alpha value is -1.79. The van der Waals surface area contributed by atoms with Gasteiger partial charge in [-0.2, -0.15) is 0 Å². The van der Waals surface area contributed by atoms with Crippen molar-refractivity contribution < 1.29 is 9.72 Å². The predicted molar refractivity (Wildman–Crippen MR) is 70.6 cm³/mol. The summed E-state index contributed by atoms with van der Waals surface area (Å²) in [5.41, 5.74) is -1.32. The molecule has 1 aliphatic heterocycles. The number of carbonyl (C=O) groups is 1. The van der Waals surface area contributed by atoms with Crippen LogP contribution in [0.3, 0.4) is 0 Å². The van der Waals surface area contributed by atoms with Crippen LogP contribution >= 0.6 is 0 Å². The molecule has 19 heavy (non-hydrogen) atoms. The topological polar surface area (TPSA) is 75.5 Å². The van der Waals surface area contributed by atoms with E-state index in [-0.39, 0.29) is 0 Å². The molecule has 1 aliphatic rings. The molecule has 0 spiro atoms. The number of piperazine rings is 1. The molecule has 1 fully saturated rings. The molecule has 2 rings (SSSR count). The van der Waals surface area contributed by atoms with Crippen LogP contribution in [0.1, 0.15) is 17.3 Å². The minimum absolute atomic E-state index is 0.375. The Labute approximate surface area is 111 Å². The number of hydrogen-bond acceptors (Lipinski definition) is 5. The molecule has 1 saturated heterocycles. The van der Waals surface area contributed by atoms with Gasteiger partial charge >= 0.3 is 5.66 Å². The molecule has 0 aromatic heterocycles. The van der Waals surface area contributed by atoms with Gasteiger partial charge in [-0.3, -0.25) is 14.9 Å². The third-order valence-electron chi connectivity index (χ3n) is 3.55. The van der Waals surface area contributed by atoms with Crippen molar-refractivity contribution in [3.63, 3.8) is 0 Å². The smallest absolute Gasteiger partial charge is 0.314 e. The van der Waals surface area contributed by atoms with Crippen molar-refractivity contribution >= 4 is 5.78 Å². The maximum Gasteiger partial charge on any atom is 0.337 e. The highest BCUT2D eigenvalue weighted by Crippen LogP contribution is 2.22. The van der Waals surface area contributed by atoms with Gasteiger partial charge in [-0.15, -0.1) is 0 Å². The van der Waals surface area contributed by atoms with Gasteiger partial charge in [0.05, 0.1) is 4.92 Å². The summed E-state index contributed by atoms with van der Waals surface area (Å²) in [6.45, 7) is 3.71. The number of nitrogens with zero attached hydrogens (tertiary/aromatic N) is 2. The van der Waals surface area contributed by atoms with Crippen LogP contribution in [0, 0.1) is 10.1 Å². The normalized spacial score (nSPS) is 19.6. The van der Waals surface area contributed by atoms with E-state index in [1.807, 2.05) is 0 Å². The summed E-state index contributed by atoms with van der Waals surface area (Å²) in [5, 5.41) is 14.6. The largest absolute Gasteiger partial charge is 0.337 e. The highest BCUT2D eigenvalue weighted by molar-refractivity contribution is 6.01. The van der Waals surface area contributed by atoms with Crippen LogP contribution in [0.25, 0.3) is 0 Å². The fourth-order valence-corrected chi connectivity index (χ4v) is 2.31. The maximum absolute atomic E-state index is 12.5. The first-order chi connectivity index (χ1) is 9.06. The van der Waals surface area contributed by atoms with Crippen LogP contribution in [0.2, 0.25) is 0 Å². The highest BCUT2D eigenvalue weighted by atomic mass is 16.6. The Kier molecular flexibility index (Phi) is 3.92. The van der Waals surface area contributed by atoms with Gasteiger partial charge in [0.1, 0.15) is 0 Å². The van der Waals surface area contributed by atoms with Gasteiger partial charge in [0.2, 0.25) is 0 Å². The molecule has 0 saturated carbocycles. The van der Waals surface area contributed by atoms with Crippen molar-refractivity contribution in [1.29, 1.82) is 0 Å². The van der Waals surface area contributed by atoms with E-state index in [0.717, 1.165) is 0 Å². The molecule has 1 aromatic carbocycles. The van der Waals surface area contributed by atoms with E-state index in [1.165, 1.54) is 6.92 Å². The van der Waals surface area contributed by atoms with Crippen molar-refractivity contribution in [3.8, 4) is 0 Å². The average Bonchev–Trinajstić information content (AvgIpc) is 2.47. The second-order valence-corrected chi connectivity index (χ2v) is 4.71. The van der Waals surface area contributed by atoms with Crippen LogP contribution in [0.4, 0.5) is 0 Å². The molecular formula is C13H17N3O3. The van der Waals surface area contributed by atoms with E-state index in [2.05, 4.69) is 5.32 Å². The summed E-state index contributed by atoms with van der Waals surface area (Å²) < 4.78 is 0. The summed E-state index contributed by atoms with van der Waals surface area (Å²) in [7, 11) is 0. The van der Waals surface area contributed by atoms with Crippen LogP contribution in [-0.4, -0.2) is 47.4 Å². The molecule has 1 aromatic rings. The van der Waals surface area contributed by atoms with Gasteiger partial charge in [0, 0.05) is 38.7 Å². The molecule has 0 bridgehead atoms. The van der Waals surface area contributed by atoms with Gasteiger partial charge in [-0.25, -0.2) is 4.90 Å². The van der Waals surface area contributed by atoms with Crippen LogP contribution in [0.5, 0.6) is 0 Å². The first kappa shape index (κ1) is 13.6. The Morgan fingerprint density at radius 3 is 2.42 bits per heavy atom. The number of nitro groups is 1. The van der Waals surface area contributed by atoms with Crippen molar-refractivity contribution in [2.45, 2.75) is 12.6 Å². The van der Waals surface area contributed by atoms with E-state index in [1.54, 1.807) is 35.2 Å². The number of nitrogens with one attached hydrogen (secondary N) is 1. The van der Waals surface area contributed by atoms with E-state index in [9.17, 15) is 14.9 Å². The van der Waals surface area contributed by atoms with Gasteiger partial charge < -0.3 is 5.32 Å². The van der Waals surface area contributed by atoms with Crippen molar-refractivity contribution in [2.75, 3.05) is 26.2 Å². The van der Waals surface area contributed by atoms with Crippen molar-refractivity contribution in [2.24, 2.45) is 0 Å². The predicted octanol–water partition coefficient (Wildman–Crippen LogP) is 0.767. The summed E-state index contributed by atoms with van der Waals surface area (Å²) in [6.07, 6.45) is 0. The number of Topliss-reactive ketones (excluding diaryl/α,β-unsaturated/α-hetero) is 1. The van der Waals surface area contributed by atoms with Gasteiger partial charge in [0.15, 0.2) is 0 Å². The third-order valence-corrected chi connectivity index (χ3v) is 3.55. The lowest BCUT2D eigenvalue weighted by atomic mass is 9.97. The quantitative estimate of drug-likeness (QED) is 0.493. The summed E-state index contributed by atoms with van der Waals surface area (Å²) >= 11 is 0. The minimum Gasteiger partial charge on any atom is -0.314 e. The molecule has 0 radical (unpaired) electrons. The number of hydrogen-bond donors (Lipinski definition) is 1. The second-order valence-electron chi connectivity index (χ2n) is 4.71. The van der Waals surface area contributed by atoms with Gasteiger partial charge in [-0.05, 0) is 0 Å². The Bertz CT molecular complexity index is 471. The lowest BCUT2D eigenvalue weighted by Crippen LogP contribution is -2.62. The van der Waals surface area contributed by atoms with Gasteiger partial charge in [0.25, 0.3) is 5.78 Å². The third kappa shape index (κ3) is 2.50. The zero-order valence-electron chi connectivity index (χ0n) is 10.8. The van der Waals surface area contributed by atoms with Crippen molar-refractivity contribution in [1.82, 2.24) is 10.2 Å². The molecule has 6 heteroatoms. The molecule has 1 unspecified atom stereocenters. The zero-order valence-corrected chi connectivity index (χ0v) is 10.8. The summed E-state index contributed by atoms with van der Waals surface area (Å²) in [5.74, 6) is -0.458. The lowest BCUT2D eigenvalue weighted by molar-refractivity contribution is -0.575. The number of carbonyl (C=O) groups excluding carboxylic acids is 1. The van der Waals surface area contributed by atoms with Gasteiger partial charge in [-0.1, -0.05) is 30.3 Å². The molecule has 1 heterocycles. The summed E-state index contributed by atoms with van der Waals surface area (Å²) in [6, 6.07) is 8.44. The minimum atomic E-state index is -1.69. The number of rotatable bonds is 4. The lowest BCUT2D eigenvalue weighted by Gasteiger charge is -2.35. The monoisotopic (exact) mass is 263 g/mol. The van der Waals surface area contributed by atoms with Crippen LogP contribution in [0.15, 0.2) is 30.3 Å². The molecular weight excluding hydrogens is 246 g/mol. The Morgan fingerprint density at radius 1 is 1.32 bits per heavy atom. The molecule has 1 N–H and O–H groups in total. The first-order valence-corrected chi connectivity index (χ1v) is 6.27. The Morgan fingerprint density at radius 2 is 1.89 bits per heavy atom. The molecule has 102 valence electrons. The maximum atomic E-state index is 12.5. The molecule has 0 amide bonds. The standard InChI is InChI=1S/C13H17N3O3/c1-13(16(18)19,15-9-7-14-8-10-15)12(17)11-5-3-2-4-6-11/h2-6,14H,7-10H2,1H3. The fraction of sp³-hybridized carbons (Fsp3) is 0.462. The Balaban J connectivity index is 2.33. The zero-order chi connectivity index (χ0) is 13.9. The van der Waals surface area contributed by atoms with Crippen LogP contribution in [-0.2, 0) is 0 Å².